The van der Waals surface area contributed by atoms with Crippen molar-refractivity contribution >= 4 is 11.6 Å². The van der Waals surface area contributed by atoms with Crippen molar-refractivity contribution in [1.82, 2.24) is 0 Å². The van der Waals surface area contributed by atoms with Crippen LogP contribution in [0.3, 0.4) is 0 Å². The predicted octanol–water partition coefficient (Wildman–Crippen LogP) is 2.90. The molecule has 2 aromatic carbocycles. The minimum atomic E-state index is -0.496. The molecule has 0 radical (unpaired) electrons. The minimum absolute atomic E-state index is 0.392. The maximum absolute atomic E-state index is 12.1. The molecule has 0 fully saturated rings. The zero-order valence-electron chi connectivity index (χ0n) is 10.6. The van der Waals surface area contributed by atoms with Gasteiger partial charge in [-0.2, -0.15) is 0 Å². The number of benzene rings is 2. The highest BCUT2D eigenvalue weighted by atomic mass is 16.5. The van der Waals surface area contributed by atoms with E-state index in [0.717, 1.165) is 5.56 Å². The molecule has 0 aromatic heterocycles. The Morgan fingerprint density at radius 3 is 2.21 bits per heavy atom. The number of carbonyl (C=O) groups is 2. The Kier molecular flexibility index (Phi) is 4.21. The van der Waals surface area contributed by atoms with Crippen LogP contribution >= 0.6 is 0 Å². The Labute approximate surface area is 111 Å². The fraction of sp³-hybridized carbons (Fsp3) is 0.125. The third-order valence-corrected chi connectivity index (χ3v) is 2.74. The second-order valence-corrected chi connectivity index (χ2v) is 4.16. The van der Waals surface area contributed by atoms with Gasteiger partial charge in [-0.1, -0.05) is 48.5 Å². The van der Waals surface area contributed by atoms with Gasteiger partial charge in [0.2, 0.25) is 11.6 Å². The number of ketones is 2. The lowest BCUT2D eigenvalue weighted by atomic mass is 10.0. The Morgan fingerprint density at radius 1 is 0.895 bits per heavy atom. The van der Waals surface area contributed by atoms with Crippen LogP contribution in [0.1, 0.15) is 26.3 Å². The lowest BCUT2D eigenvalue weighted by molar-refractivity contribution is 0.0816. The Balaban J connectivity index is 2.24. The van der Waals surface area contributed by atoms with Gasteiger partial charge in [-0.3, -0.25) is 9.59 Å². The molecule has 0 spiro atoms. The topological polar surface area (TPSA) is 43.4 Å². The molecule has 2 rings (SSSR count). The molecule has 19 heavy (non-hydrogen) atoms. The first-order chi connectivity index (χ1) is 9.22. The van der Waals surface area contributed by atoms with Crippen molar-refractivity contribution in [2.24, 2.45) is 0 Å². The summed E-state index contributed by atoms with van der Waals surface area (Å²) in [5, 5.41) is 0. The van der Waals surface area contributed by atoms with E-state index in [9.17, 15) is 9.59 Å². The van der Waals surface area contributed by atoms with Crippen LogP contribution in [0.15, 0.2) is 54.6 Å². The standard InChI is InChI=1S/C16H14O3/c1-19-11-12-6-5-9-14(10-12)16(18)15(17)13-7-3-2-4-8-13/h2-10H,11H2,1H3. The van der Waals surface area contributed by atoms with Gasteiger partial charge in [-0.25, -0.2) is 0 Å². The minimum Gasteiger partial charge on any atom is -0.380 e. The predicted molar refractivity (Wildman–Crippen MR) is 72.3 cm³/mol. The first kappa shape index (κ1) is 13.2. The summed E-state index contributed by atoms with van der Waals surface area (Å²) in [5.74, 6) is -0.987. The van der Waals surface area contributed by atoms with Crippen molar-refractivity contribution in [1.29, 1.82) is 0 Å². The summed E-state index contributed by atoms with van der Waals surface area (Å²) in [5.41, 5.74) is 1.67. The van der Waals surface area contributed by atoms with Crippen molar-refractivity contribution in [2.75, 3.05) is 7.11 Å². The molecule has 0 heterocycles. The third kappa shape index (κ3) is 3.14. The zero-order valence-corrected chi connectivity index (χ0v) is 10.6. The molecule has 3 heteroatoms. The van der Waals surface area contributed by atoms with Crippen LogP contribution in [-0.2, 0) is 11.3 Å². The molecule has 3 nitrogen and oxygen atoms in total. The van der Waals surface area contributed by atoms with Gasteiger partial charge in [0.05, 0.1) is 6.61 Å². The maximum Gasteiger partial charge on any atom is 0.233 e. The molecular weight excluding hydrogens is 240 g/mol. The van der Waals surface area contributed by atoms with Crippen molar-refractivity contribution in [3.8, 4) is 0 Å². The summed E-state index contributed by atoms with van der Waals surface area (Å²) in [6.45, 7) is 0.417. The molecule has 0 unspecified atom stereocenters. The molecule has 0 aliphatic heterocycles. The quantitative estimate of drug-likeness (QED) is 0.608. The van der Waals surface area contributed by atoms with Crippen molar-refractivity contribution in [3.63, 3.8) is 0 Å². The molecule has 0 saturated carbocycles. The summed E-state index contributed by atoms with van der Waals surface area (Å²) in [4.78, 5) is 24.1. The summed E-state index contributed by atoms with van der Waals surface area (Å²) in [6.07, 6.45) is 0. The van der Waals surface area contributed by atoms with Crippen LogP contribution in [-0.4, -0.2) is 18.7 Å². The van der Waals surface area contributed by atoms with Gasteiger partial charge < -0.3 is 4.74 Å². The Hall–Kier alpha value is -2.26. The number of carbonyl (C=O) groups excluding carboxylic acids is 2. The summed E-state index contributed by atoms with van der Waals surface area (Å²) in [7, 11) is 1.59. The smallest absolute Gasteiger partial charge is 0.233 e. The highest BCUT2D eigenvalue weighted by Gasteiger charge is 2.17. The van der Waals surface area contributed by atoms with E-state index in [0.29, 0.717) is 17.7 Å². The molecule has 2 aromatic rings. The molecule has 0 aliphatic carbocycles. The first-order valence-corrected chi connectivity index (χ1v) is 5.94. The van der Waals surface area contributed by atoms with Gasteiger partial charge in [0, 0.05) is 18.2 Å². The zero-order chi connectivity index (χ0) is 13.7. The molecule has 0 N–H and O–H groups in total. The summed E-state index contributed by atoms with van der Waals surface area (Å²) >= 11 is 0. The number of rotatable bonds is 5. The van der Waals surface area contributed by atoms with E-state index >= 15 is 0 Å². The van der Waals surface area contributed by atoms with Crippen LogP contribution in [0.5, 0.6) is 0 Å². The SMILES string of the molecule is COCc1cccc(C(=O)C(=O)c2ccccc2)c1. The maximum atomic E-state index is 12.1. The third-order valence-electron chi connectivity index (χ3n) is 2.74. The van der Waals surface area contributed by atoms with Crippen LogP contribution in [0.4, 0.5) is 0 Å². The first-order valence-electron chi connectivity index (χ1n) is 5.94. The van der Waals surface area contributed by atoms with E-state index in [1.54, 1.807) is 55.6 Å². The van der Waals surface area contributed by atoms with Crippen LogP contribution < -0.4 is 0 Å². The summed E-state index contributed by atoms with van der Waals surface area (Å²) in [6, 6.07) is 15.5. The van der Waals surface area contributed by atoms with Crippen LogP contribution in [0.25, 0.3) is 0 Å². The molecular formula is C16H14O3. The molecule has 96 valence electrons. The average molecular weight is 254 g/mol. The number of hydrogen-bond donors (Lipinski definition) is 0. The van der Waals surface area contributed by atoms with Gasteiger partial charge in [-0.05, 0) is 11.6 Å². The second kappa shape index (κ2) is 6.07. The van der Waals surface area contributed by atoms with E-state index in [1.165, 1.54) is 0 Å². The monoisotopic (exact) mass is 254 g/mol. The van der Waals surface area contributed by atoms with Crippen LogP contribution in [0.2, 0.25) is 0 Å². The lowest BCUT2D eigenvalue weighted by Crippen LogP contribution is -2.14. The highest BCUT2D eigenvalue weighted by molar-refractivity contribution is 6.49. The fourth-order valence-corrected chi connectivity index (χ4v) is 1.82. The van der Waals surface area contributed by atoms with E-state index in [1.807, 2.05) is 6.07 Å². The van der Waals surface area contributed by atoms with Gasteiger partial charge >= 0.3 is 0 Å². The van der Waals surface area contributed by atoms with Gasteiger partial charge in [0.15, 0.2) is 0 Å². The second-order valence-electron chi connectivity index (χ2n) is 4.16. The van der Waals surface area contributed by atoms with Gasteiger partial charge in [0.1, 0.15) is 0 Å². The summed E-state index contributed by atoms with van der Waals surface area (Å²) < 4.78 is 5.01. The van der Waals surface area contributed by atoms with E-state index in [-0.39, 0.29) is 0 Å². The number of methoxy groups -OCH3 is 1. The van der Waals surface area contributed by atoms with Crippen LogP contribution in [0, 0.1) is 0 Å². The van der Waals surface area contributed by atoms with Crippen molar-refractivity contribution < 1.29 is 14.3 Å². The van der Waals surface area contributed by atoms with Crippen molar-refractivity contribution in [3.05, 3.63) is 71.3 Å². The molecule has 0 saturated heterocycles. The molecule has 0 amide bonds. The largest absolute Gasteiger partial charge is 0.380 e. The number of ether oxygens (including phenoxy) is 1. The average Bonchev–Trinajstić information content (AvgIpc) is 2.47. The number of hydrogen-bond acceptors (Lipinski definition) is 3. The normalized spacial score (nSPS) is 10.2. The molecule has 0 aliphatic rings. The van der Waals surface area contributed by atoms with E-state index in [4.69, 9.17) is 4.74 Å². The Bertz CT molecular complexity index is 588. The van der Waals surface area contributed by atoms with Gasteiger partial charge in [-0.15, -0.1) is 0 Å². The Morgan fingerprint density at radius 2 is 1.53 bits per heavy atom. The van der Waals surface area contributed by atoms with E-state index in [2.05, 4.69) is 0 Å². The van der Waals surface area contributed by atoms with E-state index < -0.39 is 11.6 Å². The molecule has 0 bridgehead atoms. The lowest BCUT2D eigenvalue weighted by Gasteiger charge is -2.03. The fourth-order valence-electron chi connectivity index (χ4n) is 1.82. The van der Waals surface area contributed by atoms with Crippen molar-refractivity contribution in [2.45, 2.75) is 6.61 Å². The molecule has 0 atom stereocenters. The number of Topliss-reactive ketones (excluding diaryl/α,β-unsaturated/α-hetero) is 2. The van der Waals surface area contributed by atoms with Gasteiger partial charge in [0.25, 0.3) is 0 Å². The highest BCUT2D eigenvalue weighted by Crippen LogP contribution is 2.11.